The van der Waals surface area contributed by atoms with Gasteiger partial charge in [0, 0.05) is 40.9 Å². The molecule has 4 N–H and O–H groups in total. The lowest BCUT2D eigenvalue weighted by molar-refractivity contribution is 0.160. The number of aliphatic hydroxyl groups is 1. The molecule has 3 heterocycles. The third kappa shape index (κ3) is 3.62. The van der Waals surface area contributed by atoms with Crippen LogP contribution in [-0.4, -0.2) is 47.3 Å². The van der Waals surface area contributed by atoms with Gasteiger partial charge in [0.2, 0.25) is 0 Å². The maximum absolute atomic E-state index is 10.5. The summed E-state index contributed by atoms with van der Waals surface area (Å²) in [6, 6.07) is 8.92. The number of aromatic nitrogens is 5. The molecule has 27 heavy (non-hydrogen) atoms. The van der Waals surface area contributed by atoms with Gasteiger partial charge in [0.25, 0.3) is 0 Å². The van der Waals surface area contributed by atoms with E-state index >= 15 is 0 Å². The van der Waals surface area contributed by atoms with Gasteiger partial charge in [0.05, 0.1) is 6.10 Å². The van der Waals surface area contributed by atoms with Crippen LogP contribution in [0.5, 0.6) is 5.75 Å². The van der Waals surface area contributed by atoms with Crippen LogP contribution in [0.4, 0.5) is 0 Å². The van der Waals surface area contributed by atoms with Crippen LogP contribution in [0, 0.1) is 0 Å². The predicted molar refractivity (Wildman–Crippen MR) is 101 cm³/mol. The molecule has 0 unspecified atom stereocenters. The summed E-state index contributed by atoms with van der Waals surface area (Å²) in [5.74, 6) is 0.252. The minimum atomic E-state index is -0.676. The molecule has 0 spiro atoms. The summed E-state index contributed by atoms with van der Waals surface area (Å²) in [4.78, 5) is 3.23. The summed E-state index contributed by atoms with van der Waals surface area (Å²) in [6.45, 7) is 4.58. The predicted octanol–water partition coefficient (Wildman–Crippen LogP) is 1.96. The molecule has 0 saturated carbocycles. The maximum atomic E-state index is 10.5. The lowest BCUT2D eigenvalue weighted by Crippen LogP contribution is -2.43. The number of fused-ring (bicyclic) bond motifs is 2. The van der Waals surface area contributed by atoms with E-state index in [-0.39, 0.29) is 11.3 Å². The van der Waals surface area contributed by atoms with Crippen LogP contribution in [0.2, 0.25) is 0 Å². The molecule has 0 aliphatic carbocycles. The zero-order valence-corrected chi connectivity index (χ0v) is 15.2. The minimum absolute atomic E-state index is 0.250. The summed E-state index contributed by atoms with van der Waals surface area (Å²) < 4.78 is 1.54. The summed E-state index contributed by atoms with van der Waals surface area (Å²) in [6.07, 6.45) is 3.77. The Morgan fingerprint density at radius 3 is 2.96 bits per heavy atom. The number of hydrogen-bond acceptors (Lipinski definition) is 6. The van der Waals surface area contributed by atoms with Gasteiger partial charge >= 0.3 is 0 Å². The highest BCUT2D eigenvalue weighted by Crippen LogP contribution is 2.26. The Kier molecular flexibility index (Phi) is 4.29. The molecule has 0 radical (unpaired) electrons. The number of phenols is 1. The molecule has 0 aliphatic heterocycles. The smallest absolute Gasteiger partial charge is 0.179 e. The van der Waals surface area contributed by atoms with E-state index in [0.717, 1.165) is 28.5 Å². The molecule has 0 saturated heterocycles. The number of rotatable bonds is 6. The molecular weight excluding hydrogens is 344 g/mol. The number of phenolic OH excluding ortho intramolecular Hbond substituents is 1. The van der Waals surface area contributed by atoms with E-state index < -0.39 is 6.10 Å². The first-order valence-corrected chi connectivity index (χ1v) is 8.81. The van der Waals surface area contributed by atoms with Crippen molar-refractivity contribution in [3.63, 3.8) is 0 Å². The Bertz CT molecular complexity index is 1080. The van der Waals surface area contributed by atoms with Gasteiger partial charge in [0.15, 0.2) is 5.65 Å². The molecule has 4 aromatic rings. The molecule has 4 rings (SSSR count). The zero-order chi connectivity index (χ0) is 19.0. The van der Waals surface area contributed by atoms with Gasteiger partial charge in [-0.05, 0) is 60.5 Å². The molecule has 8 heteroatoms. The van der Waals surface area contributed by atoms with Crippen molar-refractivity contribution >= 4 is 16.6 Å². The number of aliphatic hydroxyl groups excluding tert-OH is 1. The maximum Gasteiger partial charge on any atom is 0.179 e. The third-order valence-electron chi connectivity index (χ3n) is 4.76. The minimum Gasteiger partial charge on any atom is -0.508 e. The third-order valence-corrected chi connectivity index (χ3v) is 4.76. The molecule has 3 aromatic heterocycles. The first kappa shape index (κ1) is 17.4. The van der Waals surface area contributed by atoms with Gasteiger partial charge in [-0.3, -0.25) is 0 Å². The van der Waals surface area contributed by atoms with Gasteiger partial charge in [0.1, 0.15) is 5.75 Å². The summed E-state index contributed by atoms with van der Waals surface area (Å²) in [5, 5.41) is 36.0. The Labute approximate surface area is 155 Å². The SMILES string of the molecule is CC(C)(Cc1c[nH]c2ccc(O)cc12)NC[C@H](O)c1ccc2nnnn2c1. The van der Waals surface area contributed by atoms with Crippen molar-refractivity contribution in [3.8, 4) is 5.75 Å². The van der Waals surface area contributed by atoms with Gasteiger partial charge in [-0.15, -0.1) is 5.10 Å². The van der Waals surface area contributed by atoms with Crippen molar-refractivity contribution in [1.29, 1.82) is 0 Å². The molecule has 0 fully saturated rings. The molecule has 1 atom stereocenters. The second kappa shape index (κ2) is 6.64. The average molecular weight is 366 g/mol. The molecule has 140 valence electrons. The fourth-order valence-electron chi connectivity index (χ4n) is 3.30. The van der Waals surface area contributed by atoms with Crippen LogP contribution in [0.25, 0.3) is 16.6 Å². The van der Waals surface area contributed by atoms with Crippen molar-refractivity contribution in [2.45, 2.75) is 31.9 Å². The van der Waals surface area contributed by atoms with E-state index in [9.17, 15) is 10.2 Å². The Morgan fingerprint density at radius 1 is 1.26 bits per heavy atom. The number of nitrogens with zero attached hydrogens (tertiary/aromatic N) is 4. The topological polar surface area (TPSA) is 111 Å². The summed E-state index contributed by atoms with van der Waals surface area (Å²) >= 11 is 0. The highest BCUT2D eigenvalue weighted by atomic mass is 16.3. The lowest BCUT2D eigenvalue weighted by atomic mass is 9.94. The number of nitrogens with one attached hydrogen (secondary N) is 2. The van der Waals surface area contributed by atoms with E-state index in [1.165, 1.54) is 0 Å². The van der Waals surface area contributed by atoms with Crippen molar-refractivity contribution in [3.05, 3.63) is 53.9 Å². The van der Waals surface area contributed by atoms with Crippen LogP contribution in [0.1, 0.15) is 31.1 Å². The molecule has 8 nitrogen and oxygen atoms in total. The van der Waals surface area contributed by atoms with Gasteiger partial charge < -0.3 is 20.5 Å². The number of β-amino-alcohol motifs (C(OH)–C–C–N with tert-alkyl or cyclic N) is 1. The molecule has 1 aromatic carbocycles. The van der Waals surface area contributed by atoms with Crippen LogP contribution in [0.3, 0.4) is 0 Å². The second-order valence-electron chi connectivity index (χ2n) is 7.45. The first-order valence-electron chi connectivity index (χ1n) is 8.81. The van der Waals surface area contributed by atoms with Crippen molar-refractivity contribution in [2.24, 2.45) is 0 Å². The number of benzene rings is 1. The first-order chi connectivity index (χ1) is 12.9. The largest absolute Gasteiger partial charge is 0.508 e. The van der Waals surface area contributed by atoms with Crippen molar-refractivity contribution < 1.29 is 10.2 Å². The van der Waals surface area contributed by atoms with E-state index in [1.54, 1.807) is 28.9 Å². The number of pyridine rings is 1. The average Bonchev–Trinajstić information content (AvgIpc) is 3.26. The number of hydrogen-bond donors (Lipinski definition) is 4. The Morgan fingerprint density at radius 2 is 2.11 bits per heavy atom. The van der Waals surface area contributed by atoms with Crippen LogP contribution in [-0.2, 0) is 6.42 Å². The van der Waals surface area contributed by atoms with Gasteiger partial charge in [-0.1, -0.05) is 6.07 Å². The Hall–Kier alpha value is -2.97. The van der Waals surface area contributed by atoms with Crippen LogP contribution in [0.15, 0.2) is 42.7 Å². The zero-order valence-electron chi connectivity index (χ0n) is 15.2. The highest BCUT2D eigenvalue weighted by molar-refractivity contribution is 5.84. The quantitative estimate of drug-likeness (QED) is 0.415. The van der Waals surface area contributed by atoms with E-state index in [1.807, 2.05) is 18.3 Å². The lowest BCUT2D eigenvalue weighted by Gasteiger charge is -2.28. The van der Waals surface area contributed by atoms with E-state index in [0.29, 0.717) is 12.2 Å². The number of aromatic amines is 1. The normalized spacial score (nSPS) is 13.4. The molecule has 0 amide bonds. The molecule has 0 aliphatic rings. The van der Waals surface area contributed by atoms with Crippen LogP contribution < -0.4 is 5.32 Å². The molecule has 0 bridgehead atoms. The fraction of sp³-hybridized carbons (Fsp3) is 0.316. The monoisotopic (exact) mass is 366 g/mol. The summed E-state index contributed by atoms with van der Waals surface area (Å²) in [5.41, 5.74) is 3.24. The number of aromatic hydroxyl groups is 1. The second-order valence-corrected chi connectivity index (χ2v) is 7.45. The van der Waals surface area contributed by atoms with Crippen LogP contribution >= 0.6 is 0 Å². The summed E-state index contributed by atoms with van der Waals surface area (Å²) in [7, 11) is 0. The van der Waals surface area contributed by atoms with Crippen molar-refractivity contribution in [1.82, 2.24) is 30.3 Å². The number of tetrazole rings is 1. The van der Waals surface area contributed by atoms with Gasteiger partial charge in [-0.2, -0.15) is 0 Å². The Balaban J connectivity index is 1.45. The molecular formula is C19H22N6O2. The standard InChI is InChI=1S/C19H22N6O2/c1-19(2,8-13-9-20-16-5-4-14(26)7-15(13)16)21-10-17(27)12-3-6-18-22-23-24-25(18)11-12/h3-7,9,11,17,20-21,26-27H,8,10H2,1-2H3/t17-/m0/s1. The van der Waals surface area contributed by atoms with Gasteiger partial charge in [-0.25, -0.2) is 4.52 Å². The highest BCUT2D eigenvalue weighted by Gasteiger charge is 2.22. The van der Waals surface area contributed by atoms with E-state index in [2.05, 4.69) is 39.7 Å². The number of H-pyrrole nitrogens is 1. The van der Waals surface area contributed by atoms with E-state index in [4.69, 9.17) is 0 Å². The van der Waals surface area contributed by atoms with Crippen molar-refractivity contribution in [2.75, 3.05) is 6.54 Å². The fourth-order valence-corrected chi connectivity index (χ4v) is 3.30.